The molecule has 0 spiro atoms. The molecule has 8 heteroatoms. The van der Waals surface area contributed by atoms with Gasteiger partial charge in [-0.1, -0.05) is 24.3 Å². The van der Waals surface area contributed by atoms with Crippen molar-refractivity contribution in [1.29, 1.82) is 5.26 Å². The maximum absolute atomic E-state index is 8.82. The molecule has 0 atom stereocenters. The van der Waals surface area contributed by atoms with Crippen molar-refractivity contribution in [1.82, 2.24) is 25.1 Å². The van der Waals surface area contributed by atoms with Crippen LogP contribution in [0.2, 0.25) is 0 Å². The van der Waals surface area contributed by atoms with Crippen molar-refractivity contribution in [3.63, 3.8) is 0 Å². The van der Waals surface area contributed by atoms with E-state index in [0.29, 0.717) is 24.0 Å². The van der Waals surface area contributed by atoms with Gasteiger partial charge in [-0.2, -0.15) is 15.3 Å². The van der Waals surface area contributed by atoms with E-state index in [1.165, 1.54) is 0 Å². The molecule has 0 aliphatic rings. The number of anilines is 4. The summed E-state index contributed by atoms with van der Waals surface area (Å²) in [5.41, 5.74) is 3.49. The van der Waals surface area contributed by atoms with E-state index in [-0.39, 0.29) is 0 Å². The number of para-hydroxylation sites is 1. The Morgan fingerprint density at radius 3 is 2.63 bits per heavy atom. The molecule has 0 aliphatic carbocycles. The molecule has 3 aromatic heterocycles. The maximum Gasteiger partial charge on any atom is 0.229 e. The van der Waals surface area contributed by atoms with E-state index in [1.807, 2.05) is 54.6 Å². The lowest BCUT2D eigenvalue weighted by atomic mass is 10.1. The Kier molecular flexibility index (Phi) is 4.39. The molecule has 0 aliphatic heterocycles. The summed E-state index contributed by atoms with van der Waals surface area (Å²) in [5.74, 6) is 1.75. The molecule has 2 aromatic carbocycles. The fourth-order valence-corrected chi connectivity index (χ4v) is 3.22. The van der Waals surface area contributed by atoms with Crippen molar-refractivity contribution >= 4 is 45.1 Å². The highest BCUT2D eigenvalue weighted by molar-refractivity contribution is 5.96. The molecule has 0 unspecified atom stereocenters. The van der Waals surface area contributed by atoms with E-state index in [9.17, 15) is 0 Å². The second-order valence-electron chi connectivity index (χ2n) is 6.69. The van der Waals surface area contributed by atoms with Gasteiger partial charge in [-0.3, -0.25) is 10.1 Å². The molecule has 0 bridgehead atoms. The predicted molar refractivity (Wildman–Crippen MR) is 116 cm³/mol. The molecule has 144 valence electrons. The lowest BCUT2D eigenvalue weighted by Gasteiger charge is -2.11. The Labute approximate surface area is 171 Å². The highest BCUT2D eigenvalue weighted by atomic mass is 15.2. The number of nitrogens with zero attached hydrogens (tertiary/aromatic N) is 5. The van der Waals surface area contributed by atoms with Crippen molar-refractivity contribution in [3.05, 3.63) is 72.6 Å². The number of rotatable bonds is 5. The molecule has 0 fully saturated rings. The number of hydrogen-bond donors (Lipinski definition) is 3. The number of fused-ring (bicyclic) bond motifs is 2. The average molecular weight is 392 g/mol. The van der Waals surface area contributed by atoms with E-state index in [2.05, 4.69) is 41.9 Å². The minimum atomic E-state index is 0.382. The Hall–Kier alpha value is -4.51. The van der Waals surface area contributed by atoms with Crippen LogP contribution in [0.25, 0.3) is 21.8 Å². The van der Waals surface area contributed by atoms with Crippen LogP contribution in [-0.2, 0) is 6.42 Å². The van der Waals surface area contributed by atoms with Gasteiger partial charge in [-0.05, 0) is 35.9 Å². The van der Waals surface area contributed by atoms with Crippen LogP contribution < -0.4 is 10.6 Å². The first-order chi connectivity index (χ1) is 14.8. The smallest absolute Gasteiger partial charge is 0.229 e. The Balaban J connectivity index is 1.52. The van der Waals surface area contributed by atoms with Gasteiger partial charge >= 0.3 is 0 Å². The van der Waals surface area contributed by atoms with Crippen molar-refractivity contribution in [2.24, 2.45) is 0 Å². The zero-order valence-corrected chi connectivity index (χ0v) is 15.8. The van der Waals surface area contributed by atoms with Crippen LogP contribution >= 0.6 is 0 Å². The number of nitriles is 1. The molecule has 5 rings (SSSR count). The van der Waals surface area contributed by atoms with Crippen molar-refractivity contribution in [2.75, 3.05) is 10.6 Å². The lowest BCUT2D eigenvalue weighted by molar-refractivity contribution is 1.11. The van der Waals surface area contributed by atoms with Gasteiger partial charge in [-0.15, -0.1) is 0 Å². The summed E-state index contributed by atoms with van der Waals surface area (Å²) >= 11 is 0. The van der Waals surface area contributed by atoms with Crippen LogP contribution in [0.4, 0.5) is 23.3 Å². The molecule has 3 N–H and O–H groups in total. The second kappa shape index (κ2) is 7.48. The summed E-state index contributed by atoms with van der Waals surface area (Å²) in [4.78, 5) is 13.5. The van der Waals surface area contributed by atoms with E-state index in [0.717, 1.165) is 33.1 Å². The number of aromatic nitrogens is 5. The third kappa shape index (κ3) is 3.36. The van der Waals surface area contributed by atoms with Gasteiger partial charge in [0, 0.05) is 23.5 Å². The van der Waals surface area contributed by atoms with Gasteiger partial charge < -0.3 is 10.6 Å². The molecule has 0 amide bonds. The third-order valence-corrected chi connectivity index (χ3v) is 4.70. The summed E-state index contributed by atoms with van der Waals surface area (Å²) in [6, 6.07) is 19.4. The van der Waals surface area contributed by atoms with Gasteiger partial charge in [0.2, 0.25) is 5.95 Å². The molecule has 0 radical (unpaired) electrons. The molecule has 30 heavy (non-hydrogen) atoms. The topological polar surface area (TPSA) is 115 Å². The number of pyridine rings is 1. The van der Waals surface area contributed by atoms with Crippen LogP contribution in [-0.4, -0.2) is 25.1 Å². The number of H-pyrrole nitrogens is 1. The number of hydrogen-bond acceptors (Lipinski definition) is 7. The molecule has 3 heterocycles. The standard InChI is InChI=1S/C22H16N8/c23-11-9-14-5-7-15(8-6-14)25-22-26-18-4-2-1-3-16(18)20(28-22)27-21-17-13-24-12-10-19(17)29-30-21/h1-8,10,12-13H,9H2,(H3,25,26,27,28,29,30). The van der Waals surface area contributed by atoms with Crippen molar-refractivity contribution < 1.29 is 0 Å². The third-order valence-electron chi connectivity index (χ3n) is 4.70. The van der Waals surface area contributed by atoms with Crippen LogP contribution in [0, 0.1) is 11.3 Å². The quantitative estimate of drug-likeness (QED) is 0.404. The lowest BCUT2D eigenvalue weighted by Crippen LogP contribution is -2.02. The minimum Gasteiger partial charge on any atom is -0.324 e. The summed E-state index contributed by atoms with van der Waals surface area (Å²) in [5, 5.41) is 24.5. The predicted octanol–water partition coefficient (Wildman–Crippen LogP) is 4.45. The summed E-state index contributed by atoms with van der Waals surface area (Å²) in [6.07, 6.45) is 3.86. The first kappa shape index (κ1) is 17.6. The fraction of sp³-hybridized carbons (Fsp3) is 0.0455. The second-order valence-corrected chi connectivity index (χ2v) is 6.69. The van der Waals surface area contributed by atoms with Gasteiger partial charge in [0.15, 0.2) is 5.82 Å². The first-order valence-corrected chi connectivity index (χ1v) is 9.35. The Bertz CT molecular complexity index is 1380. The van der Waals surface area contributed by atoms with E-state index < -0.39 is 0 Å². The molecular formula is C22H16N8. The van der Waals surface area contributed by atoms with E-state index >= 15 is 0 Å². The Morgan fingerprint density at radius 1 is 0.900 bits per heavy atom. The molecule has 8 nitrogen and oxygen atoms in total. The summed E-state index contributed by atoms with van der Waals surface area (Å²) < 4.78 is 0. The van der Waals surface area contributed by atoms with Crippen LogP contribution in [0.1, 0.15) is 5.56 Å². The summed E-state index contributed by atoms with van der Waals surface area (Å²) in [7, 11) is 0. The number of benzene rings is 2. The Morgan fingerprint density at radius 2 is 1.77 bits per heavy atom. The molecular weight excluding hydrogens is 376 g/mol. The summed E-state index contributed by atoms with van der Waals surface area (Å²) in [6.45, 7) is 0. The zero-order valence-electron chi connectivity index (χ0n) is 15.8. The van der Waals surface area contributed by atoms with Crippen LogP contribution in [0.15, 0.2) is 67.0 Å². The number of aromatic amines is 1. The SMILES string of the molecule is N#CCc1ccc(Nc2nc(Nc3n[nH]c4ccncc34)c3ccccc3n2)cc1. The van der Waals surface area contributed by atoms with E-state index in [1.54, 1.807) is 12.4 Å². The van der Waals surface area contributed by atoms with Crippen molar-refractivity contribution in [2.45, 2.75) is 6.42 Å². The monoisotopic (exact) mass is 392 g/mol. The van der Waals surface area contributed by atoms with Crippen LogP contribution in [0.5, 0.6) is 0 Å². The minimum absolute atomic E-state index is 0.382. The maximum atomic E-state index is 8.82. The van der Waals surface area contributed by atoms with E-state index in [4.69, 9.17) is 5.26 Å². The largest absolute Gasteiger partial charge is 0.324 e. The highest BCUT2D eigenvalue weighted by Gasteiger charge is 2.12. The fourth-order valence-electron chi connectivity index (χ4n) is 3.22. The highest BCUT2D eigenvalue weighted by Crippen LogP contribution is 2.28. The van der Waals surface area contributed by atoms with Crippen molar-refractivity contribution in [3.8, 4) is 6.07 Å². The molecule has 5 aromatic rings. The molecule has 0 saturated carbocycles. The van der Waals surface area contributed by atoms with Crippen LogP contribution in [0.3, 0.4) is 0 Å². The average Bonchev–Trinajstić information content (AvgIpc) is 3.18. The first-order valence-electron chi connectivity index (χ1n) is 9.35. The molecule has 0 saturated heterocycles. The normalized spacial score (nSPS) is 10.8. The zero-order chi connectivity index (χ0) is 20.3. The number of nitrogens with one attached hydrogen (secondary N) is 3. The van der Waals surface area contributed by atoms with Gasteiger partial charge in [-0.25, -0.2) is 4.98 Å². The van der Waals surface area contributed by atoms with Gasteiger partial charge in [0.25, 0.3) is 0 Å². The van der Waals surface area contributed by atoms with Gasteiger partial charge in [0.05, 0.1) is 28.9 Å². The van der Waals surface area contributed by atoms with Gasteiger partial charge in [0.1, 0.15) is 5.82 Å².